The molecule has 0 radical (unpaired) electrons. The zero-order valence-electron chi connectivity index (χ0n) is 22.0. The molecule has 39 heavy (non-hydrogen) atoms. The summed E-state index contributed by atoms with van der Waals surface area (Å²) in [7, 11) is 0. The van der Waals surface area contributed by atoms with Crippen molar-refractivity contribution in [2.24, 2.45) is 0 Å². The van der Waals surface area contributed by atoms with Gasteiger partial charge in [-0.25, -0.2) is 4.98 Å². The molecule has 2 aromatic rings. The summed E-state index contributed by atoms with van der Waals surface area (Å²) in [5.74, 6) is -1.20. The van der Waals surface area contributed by atoms with E-state index in [9.17, 15) is 19.2 Å². The number of amides is 4. The molecular formula is C27H37ClN6O4S. The lowest BCUT2D eigenvalue weighted by Gasteiger charge is -2.25. The molecule has 2 aliphatic rings. The van der Waals surface area contributed by atoms with E-state index in [4.69, 9.17) is 0 Å². The Hall–Kier alpha value is -3.02. The minimum absolute atomic E-state index is 0. The monoisotopic (exact) mass is 576 g/mol. The van der Waals surface area contributed by atoms with Gasteiger partial charge in [0.1, 0.15) is 22.8 Å². The van der Waals surface area contributed by atoms with Crippen LogP contribution in [0.5, 0.6) is 0 Å². The maximum Gasteiger partial charge on any atom is 0.270 e. The summed E-state index contributed by atoms with van der Waals surface area (Å²) < 4.78 is 0. The molecular weight excluding hydrogens is 540 g/mol. The molecule has 2 aliphatic heterocycles. The summed E-state index contributed by atoms with van der Waals surface area (Å²) in [5, 5.41) is 17.1. The molecule has 0 unspecified atom stereocenters. The topological polar surface area (TPSA) is 141 Å². The predicted molar refractivity (Wildman–Crippen MR) is 152 cm³/mol. The molecule has 212 valence electrons. The summed E-state index contributed by atoms with van der Waals surface area (Å²) in [6.45, 7) is 3.04. The van der Waals surface area contributed by atoms with Crippen LogP contribution in [0.4, 0.5) is 0 Å². The molecule has 2 bridgehead atoms. The number of aromatic nitrogens is 1. The second-order valence-electron chi connectivity index (χ2n) is 9.75. The highest BCUT2D eigenvalue weighted by Gasteiger charge is 2.31. The lowest BCUT2D eigenvalue weighted by molar-refractivity contribution is -0.133. The van der Waals surface area contributed by atoms with Gasteiger partial charge in [0.2, 0.25) is 17.7 Å². The highest BCUT2D eigenvalue weighted by molar-refractivity contribution is 7.09. The average molecular weight is 577 g/mol. The fourth-order valence-corrected chi connectivity index (χ4v) is 5.56. The Labute approximate surface area is 238 Å². The number of fused-ring (bicyclic) bond motifs is 2. The second kappa shape index (κ2) is 14.9. The third-order valence-corrected chi connectivity index (χ3v) is 7.87. The quantitative estimate of drug-likeness (QED) is 0.369. The van der Waals surface area contributed by atoms with E-state index < -0.39 is 18.1 Å². The van der Waals surface area contributed by atoms with E-state index in [2.05, 4.69) is 31.6 Å². The van der Waals surface area contributed by atoms with E-state index >= 15 is 0 Å². The van der Waals surface area contributed by atoms with Crippen LogP contribution in [-0.2, 0) is 20.8 Å². The fraction of sp³-hybridized carbons (Fsp3) is 0.519. The predicted octanol–water partition coefficient (Wildman–Crippen LogP) is 2.01. The van der Waals surface area contributed by atoms with Crippen LogP contribution in [-0.4, -0.2) is 59.8 Å². The molecule has 0 aliphatic carbocycles. The maximum atomic E-state index is 13.4. The molecule has 0 spiro atoms. The highest BCUT2D eigenvalue weighted by atomic mass is 35.5. The summed E-state index contributed by atoms with van der Waals surface area (Å²) in [6.07, 6.45) is 4.16. The Balaban J connectivity index is 0.00000420. The van der Waals surface area contributed by atoms with Gasteiger partial charge in [0.05, 0.1) is 12.1 Å². The summed E-state index contributed by atoms with van der Waals surface area (Å²) >= 11 is 1.32. The zero-order chi connectivity index (χ0) is 26.9. The van der Waals surface area contributed by atoms with Gasteiger partial charge in [0.15, 0.2) is 0 Å². The van der Waals surface area contributed by atoms with Gasteiger partial charge in [-0.05, 0) is 57.1 Å². The van der Waals surface area contributed by atoms with Gasteiger partial charge in [-0.3, -0.25) is 19.2 Å². The largest absolute Gasteiger partial charge is 0.351 e. The third-order valence-electron chi connectivity index (χ3n) is 6.91. The second-order valence-corrected chi connectivity index (χ2v) is 10.6. The van der Waals surface area contributed by atoms with Crippen LogP contribution in [0.25, 0.3) is 0 Å². The number of nitrogens with one attached hydrogen (secondary N) is 5. The molecule has 4 amide bonds. The lowest BCUT2D eigenvalue weighted by Crippen LogP contribution is -2.55. The van der Waals surface area contributed by atoms with E-state index in [1.54, 1.807) is 5.38 Å². The van der Waals surface area contributed by atoms with Crippen LogP contribution < -0.4 is 26.6 Å². The van der Waals surface area contributed by atoms with Crippen LogP contribution in [0.2, 0.25) is 0 Å². The molecule has 12 heteroatoms. The average Bonchev–Trinajstić information content (AvgIpc) is 3.63. The molecule has 1 aromatic heterocycles. The molecule has 1 aromatic carbocycles. The number of thiazole rings is 1. The van der Waals surface area contributed by atoms with E-state index in [-0.39, 0.29) is 42.1 Å². The van der Waals surface area contributed by atoms with Crippen molar-refractivity contribution < 1.29 is 19.2 Å². The van der Waals surface area contributed by atoms with Gasteiger partial charge in [-0.1, -0.05) is 37.3 Å². The summed E-state index contributed by atoms with van der Waals surface area (Å²) in [5.41, 5.74) is 1.33. The summed E-state index contributed by atoms with van der Waals surface area (Å²) in [4.78, 5) is 56.6. The molecule has 0 saturated carbocycles. The van der Waals surface area contributed by atoms with Crippen molar-refractivity contribution in [3.63, 3.8) is 0 Å². The van der Waals surface area contributed by atoms with Gasteiger partial charge in [0.25, 0.3) is 5.91 Å². The van der Waals surface area contributed by atoms with Gasteiger partial charge in [-0.15, -0.1) is 23.7 Å². The van der Waals surface area contributed by atoms with Gasteiger partial charge < -0.3 is 26.6 Å². The maximum absolute atomic E-state index is 13.4. The SMILES string of the molecule is CC[C@H]1NC(=O)[C@@H](NC(=O)[C@H]2CCCN2)CCCCNC(=O)c2csc(n2)[C@H](Cc2ccccc2)NC1=O.Cl. The van der Waals surface area contributed by atoms with Crippen LogP contribution in [0.1, 0.15) is 72.6 Å². The summed E-state index contributed by atoms with van der Waals surface area (Å²) in [6, 6.07) is 7.39. The normalized spacial score (nSPS) is 24.6. The third kappa shape index (κ3) is 8.48. The number of hydrogen-bond acceptors (Lipinski definition) is 7. The molecule has 3 heterocycles. The van der Waals surface area contributed by atoms with Crippen molar-refractivity contribution in [3.05, 3.63) is 52.0 Å². The van der Waals surface area contributed by atoms with Gasteiger partial charge in [-0.2, -0.15) is 0 Å². The molecule has 4 rings (SSSR count). The Morgan fingerprint density at radius 1 is 1.00 bits per heavy atom. The number of benzene rings is 1. The number of carbonyl (C=O) groups excluding carboxylic acids is 4. The van der Waals surface area contributed by atoms with E-state index in [1.165, 1.54) is 11.3 Å². The fourth-order valence-electron chi connectivity index (χ4n) is 4.71. The van der Waals surface area contributed by atoms with Crippen LogP contribution in [0.3, 0.4) is 0 Å². The minimum atomic E-state index is -0.777. The number of halogens is 1. The Morgan fingerprint density at radius 3 is 2.49 bits per heavy atom. The van der Waals surface area contributed by atoms with Crippen molar-refractivity contribution in [1.29, 1.82) is 0 Å². The van der Waals surface area contributed by atoms with Crippen LogP contribution in [0.15, 0.2) is 35.7 Å². The van der Waals surface area contributed by atoms with E-state index in [0.717, 1.165) is 24.9 Å². The lowest BCUT2D eigenvalue weighted by atomic mass is 10.0. The first-order valence-electron chi connectivity index (χ1n) is 13.4. The van der Waals surface area contributed by atoms with Crippen molar-refractivity contribution in [1.82, 2.24) is 31.6 Å². The van der Waals surface area contributed by atoms with E-state index in [0.29, 0.717) is 49.4 Å². The standard InChI is InChI=1S/C27H36N6O4S.ClH/c1-2-18-24(35)32-21(15-17-9-4-3-5-10-17)27-33-22(16-38-27)23(34)29-13-7-6-11-20(26(37)30-18)31-25(36)19-12-8-14-28-19;/h3-5,9-10,16,18-21,28H,2,6-8,11-15H2,1H3,(H,29,34)(H,30,37)(H,31,36)(H,32,35);1H/t18-,19-,20+,21+;/m1./s1. The van der Waals surface area contributed by atoms with Gasteiger partial charge in [0, 0.05) is 11.9 Å². The number of rotatable bonds is 5. The van der Waals surface area contributed by atoms with Crippen molar-refractivity contribution in [2.45, 2.75) is 76.0 Å². The number of carbonyl (C=O) groups is 4. The van der Waals surface area contributed by atoms with Crippen molar-refractivity contribution >= 4 is 47.4 Å². The molecule has 1 fully saturated rings. The molecule has 10 nitrogen and oxygen atoms in total. The minimum Gasteiger partial charge on any atom is -0.351 e. The Morgan fingerprint density at radius 2 is 1.77 bits per heavy atom. The van der Waals surface area contributed by atoms with Crippen molar-refractivity contribution in [2.75, 3.05) is 13.1 Å². The molecule has 5 N–H and O–H groups in total. The van der Waals surface area contributed by atoms with Gasteiger partial charge >= 0.3 is 0 Å². The first-order valence-corrected chi connectivity index (χ1v) is 14.2. The number of hydrogen-bond donors (Lipinski definition) is 5. The first-order chi connectivity index (χ1) is 18.4. The van der Waals surface area contributed by atoms with Crippen LogP contribution in [0, 0.1) is 0 Å². The smallest absolute Gasteiger partial charge is 0.270 e. The van der Waals surface area contributed by atoms with E-state index in [1.807, 2.05) is 37.3 Å². The Bertz CT molecular complexity index is 1120. The Kier molecular flexibility index (Phi) is 11.7. The first kappa shape index (κ1) is 30.5. The molecule has 4 atom stereocenters. The highest BCUT2D eigenvalue weighted by Crippen LogP contribution is 2.23. The van der Waals surface area contributed by atoms with Crippen LogP contribution >= 0.6 is 23.7 Å². The zero-order valence-corrected chi connectivity index (χ0v) is 23.7. The van der Waals surface area contributed by atoms with Crippen molar-refractivity contribution in [3.8, 4) is 0 Å². The number of nitrogens with zero attached hydrogens (tertiary/aromatic N) is 1. The molecule has 1 saturated heterocycles.